The molecule has 0 aromatic carbocycles. The van der Waals surface area contributed by atoms with Crippen molar-refractivity contribution >= 4 is 34.4 Å². The number of hydrazine groups is 1. The lowest BCUT2D eigenvalue weighted by Gasteiger charge is -2.32. The van der Waals surface area contributed by atoms with Gasteiger partial charge in [-0.2, -0.15) is 0 Å². The Morgan fingerprint density at radius 1 is 1.83 bits per heavy atom. The Hall–Kier alpha value is -0.330. The van der Waals surface area contributed by atoms with E-state index in [1.54, 1.807) is 0 Å². The van der Waals surface area contributed by atoms with Gasteiger partial charge in [-0.25, -0.2) is 0 Å². The molecule has 1 heterocycles. The van der Waals surface area contributed by atoms with Crippen LogP contribution in [0.2, 0.25) is 0 Å². The summed E-state index contributed by atoms with van der Waals surface area (Å²) in [6, 6.07) is 0.130. The molecule has 5 heteroatoms. The Kier molecular flexibility index (Phi) is 3.30. The van der Waals surface area contributed by atoms with Crippen molar-refractivity contribution in [2.45, 2.75) is 25.8 Å². The van der Waals surface area contributed by atoms with Crippen LogP contribution in [-0.4, -0.2) is 27.3 Å². The zero-order chi connectivity index (χ0) is 9.14. The molecule has 1 fully saturated rings. The fraction of sp³-hybridized carbons (Fsp3) is 0.714. The molecular formula is C7H11IN2O2. The van der Waals surface area contributed by atoms with Gasteiger partial charge in [-0.05, 0) is 13.3 Å². The van der Waals surface area contributed by atoms with Crippen LogP contribution in [0.1, 0.15) is 19.8 Å². The number of hydrogen-bond acceptors (Lipinski definition) is 2. The van der Waals surface area contributed by atoms with E-state index in [0.717, 1.165) is 6.42 Å². The normalized spacial score (nSPS) is 23.7. The van der Waals surface area contributed by atoms with E-state index in [1.807, 2.05) is 29.5 Å². The molecule has 1 aliphatic heterocycles. The van der Waals surface area contributed by atoms with Crippen molar-refractivity contribution in [3.05, 3.63) is 0 Å². The minimum atomic E-state index is -0.0636. The van der Waals surface area contributed by atoms with Crippen LogP contribution >= 0.6 is 22.6 Å². The number of hydrogen-bond donors (Lipinski definition) is 1. The summed E-state index contributed by atoms with van der Waals surface area (Å²) in [5.41, 5.74) is 2.56. The fourth-order valence-electron chi connectivity index (χ4n) is 1.14. The van der Waals surface area contributed by atoms with Gasteiger partial charge in [0, 0.05) is 6.42 Å². The lowest BCUT2D eigenvalue weighted by molar-refractivity contribution is -0.145. The Labute approximate surface area is 84.8 Å². The Morgan fingerprint density at radius 2 is 2.50 bits per heavy atom. The van der Waals surface area contributed by atoms with E-state index in [1.165, 1.54) is 5.01 Å². The molecular weight excluding hydrogens is 271 g/mol. The van der Waals surface area contributed by atoms with E-state index < -0.39 is 0 Å². The lowest BCUT2D eigenvalue weighted by atomic mass is 10.1. The fourth-order valence-corrected chi connectivity index (χ4v) is 1.51. The molecule has 12 heavy (non-hydrogen) atoms. The highest BCUT2D eigenvalue weighted by molar-refractivity contribution is 14.1. The van der Waals surface area contributed by atoms with Crippen molar-refractivity contribution in [1.82, 2.24) is 10.4 Å². The van der Waals surface area contributed by atoms with E-state index in [-0.39, 0.29) is 17.9 Å². The van der Waals surface area contributed by atoms with Crippen LogP contribution in [-0.2, 0) is 9.59 Å². The molecule has 1 unspecified atom stereocenters. The van der Waals surface area contributed by atoms with E-state index >= 15 is 0 Å². The first kappa shape index (κ1) is 9.76. The van der Waals surface area contributed by atoms with Gasteiger partial charge in [0.15, 0.2) is 0 Å². The van der Waals surface area contributed by atoms with Gasteiger partial charge in [0.25, 0.3) is 5.91 Å². The lowest BCUT2D eigenvalue weighted by Crippen LogP contribution is -2.54. The van der Waals surface area contributed by atoms with E-state index in [0.29, 0.717) is 10.8 Å². The van der Waals surface area contributed by atoms with E-state index in [2.05, 4.69) is 5.43 Å². The largest absolute Gasteiger partial charge is 0.273 e. The van der Waals surface area contributed by atoms with Gasteiger partial charge in [-0.15, -0.1) is 0 Å². The number of nitrogens with zero attached hydrogens (tertiary/aromatic N) is 1. The second-order valence-corrected chi connectivity index (χ2v) is 3.58. The predicted octanol–water partition coefficient (Wildman–Crippen LogP) is 0.463. The number of carbonyl (C=O) groups is 2. The van der Waals surface area contributed by atoms with Gasteiger partial charge in [0.05, 0.1) is 10.5 Å². The van der Waals surface area contributed by atoms with Crippen molar-refractivity contribution in [3.63, 3.8) is 0 Å². The van der Waals surface area contributed by atoms with E-state index in [4.69, 9.17) is 0 Å². The van der Waals surface area contributed by atoms with Gasteiger partial charge >= 0.3 is 0 Å². The van der Waals surface area contributed by atoms with Crippen LogP contribution in [0.4, 0.5) is 0 Å². The van der Waals surface area contributed by atoms with Crippen LogP contribution in [0.15, 0.2) is 0 Å². The molecule has 0 bridgehead atoms. The maximum absolute atomic E-state index is 11.2. The standard InChI is InChI=1S/C7H11IN2O2/c1-5-2-3-6(11)9-10(5)7(12)4-8/h5H,2-4H2,1H3,(H,9,11). The van der Waals surface area contributed by atoms with Gasteiger partial charge in [-0.1, -0.05) is 22.6 Å². The summed E-state index contributed by atoms with van der Waals surface area (Å²) >= 11 is 1.99. The minimum absolute atomic E-state index is 0.0313. The zero-order valence-electron chi connectivity index (χ0n) is 6.84. The number of halogens is 1. The highest BCUT2D eigenvalue weighted by Crippen LogP contribution is 2.10. The van der Waals surface area contributed by atoms with Crippen LogP contribution in [0, 0.1) is 0 Å². The number of carbonyl (C=O) groups excluding carboxylic acids is 2. The SMILES string of the molecule is CC1CCC(=O)NN1C(=O)CI. The maximum Gasteiger partial charge on any atom is 0.251 e. The second-order valence-electron chi connectivity index (χ2n) is 2.82. The molecule has 0 saturated carbocycles. The third kappa shape index (κ3) is 2.09. The molecule has 0 aromatic heterocycles. The summed E-state index contributed by atoms with van der Waals surface area (Å²) in [6.45, 7) is 1.93. The average Bonchev–Trinajstić information content (AvgIpc) is 2.08. The number of amides is 2. The quantitative estimate of drug-likeness (QED) is 0.561. The Balaban J connectivity index is 2.60. The zero-order valence-corrected chi connectivity index (χ0v) is 9.00. The number of nitrogens with one attached hydrogen (secondary N) is 1. The van der Waals surface area contributed by atoms with Gasteiger partial charge < -0.3 is 0 Å². The first-order valence-electron chi connectivity index (χ1n) is 3.82. The van der Waals surface area contributed by atoms with Crippen LogP contribution in [0.5, 0.6) is 0 Å². The predicted molar refractivity (Wildman–Crippen MR) is 52.6 cm³/mol. The molecule has 0 aliphatic carbocycles. The first-order valence-corrected chi connectivity index (χ1v) is 5.35. The Bertz CT molecular complexity index is 208. The summed E-state index contributed by atoms with van der Waals surface area (Å²) in [6.07, 6.45) is 1.28. The molecule has 1 atom stereocenters. The van der Waals surface area contributed by atoms with Crippen LogP contribution in [0.3, 0.4) is 0 Å². The van der Waals surface area contributed by atoms with Crippen LogP contribution < -0.4 is 5.43 Å². The first-order chi connectivity index (χ1) is 5.65. The highest BCUT2D eigenvalue weighted by Gasteiger charge is 2.25. The number of rotatable bonds is 1. The van der Waals surface area contributed by atoms with Crippen molar-refractivity contribution < 1.29 is 9.59 Å². The molecule has 68 valence electrons. The van der Waals surface area contributed by atoms with E-state index in [9.17, 15) is 9.59 Å². The highest BCUT2D eigenvalue weighted by atomic mass is 127. The summed E-state index contributed by atoms with van der Waals surface area (Å²) in [4.78, 5) is 22.2. The van der Waals surface area contributed by atoms with Crippen molar-refractivity contribution in [2.24, 2.45) is 0 Å². The second kappa shape index (κ2) is 4.06. The monoisotopic (exact) mass is 282 g/mol. The summed E-state index contributed by atoms with van der Waals surface area (Å²) in [7, 11) is 0. The van der Waals surface area contributed by atoms with Crippen LogP contribution in [0.25, 0.3) is 0 Å². The molecule has 1 rings (SSSR count). The molecule has 0 aromatic rings. The number of alkyl halides is 1. The molecule has 1 N–H and O–H groups in total. The maximum atomic E-state index is 11.2. The molecule has 0 spiro atoms. The topological polar surface area (TPSA) is 49.4 Å². The summed E-state index contributed by atoms with van der Waals surface area (Å²) in [5, 5.41) is 1.43. The minimum Gasteiger partial charge on any atom is -0.273 e. The summed E-state index contributed by atoms with van der Waals surface area (Å²) in [5.74, 6) is -0.0950. The summed E-state index contributed by atoms with van der Waals surface area (Å²) < 4.78 is 0.405. The Morgan fingerprint density at radius 3 is 3.08 bits per heavy atom. The van der Waals surface area contributed by atoms with Gasteiger partial charge in [0.1, 0.15) is 0 Å². The molecule has 1 saturated heterocycles. The third-order valence-corrected chi connectivity index (χ3v) is 2.51. The third-order valence-electron chi connectivity index (χ3n) is 1.86. The van der Waals surface area contributed by atoms with Gasteiger partial charge in [-0.3, -0.25) is 20.0 Å². The van der Waals surface area contributed by atoms with Crippen molar-refractivity contribution in [2.75, 3.05) is 4.43 Å². The molecule has 0 radical (unpaired) electrons. The average molecular weight is 282 g/mol. The van der Waals surface area contributed by atoms with Crippen molar-refractivity contribution in [3.8, 4) is 0 Å². The molecule has 4 nitrogen and oxygen atoms in total. The smallest absolute Gasteiger partial charge is 0.251 e. The van der Waals surface area contributed by atoms with Crippen molar-refractivity contribution in [1.29, 1.82) is 0 Å². The van der Waals surface area contributed by atoms with Gasteiger partial charge in [0.2, 0.25) is 5.91 Å². The molecule has 1 aliphatic rings. The molecule has 2 amide bonds.